The molecule has 1 amide bonds. The minimum atomic E-state index is -0.467. The van der Waals surface area contributed by atoms with Gasteiger partial charge in [0.1, 0.15) is 11.4 Å². The third kappa shape index (κ3) is 3.51. The predicted molar refractivity (Wildman–Crippen MR) is 110 cm³/mol. The van der Waals surface area contributed by atoms with E-state index in [1.54, 1.807) is 19.3 Å². The number of hydrogen-bond donors (Lipinski definition) is 1. The van der Waals surface area contributed by atoms with E-state index in [0.29, 0.717) is 12.3 Å². The van der Waals surface area contributed by atoms with Gasteiger partial charge in [-0.1, -0.05) is 18.6 Å². The van der Waals surface area contributed by atoms with Crippen molar-refractivity contribution in [1.82, 2.24) is 15.2 Å². The Morgan fingerprint density at radius 2 is 1.97 bits per heavy atom. The molecule has 2 fully saturated rings. The summed E-state index contributed by atoms with van der Waals surface area (Å²) in [5.74, 6) is 0.273. The number of fused-ring (bicyclic) bond motifs is 1. The lowest BCUT2D eigenvalue weighted by Crippen LogP contribution is -2.54. The largest absolute Gasteiger partial charge is 0.462 e. The van der Waals surface area contributed by atoms with Crippen molar-refractivity contribution < 1.29 is 14.3 Å². The second-order valence-corrected chi connectivity index (χ2v) is 8.26. The summed E-state index contributed by atoms with van der Waals surface area (Å²) in [6, 6.07) is 10.6. The quantitative estimate of drug-likeness (QED) is 0.866. The highest BCUT2D eigenvalue weighted by molar-refractivity contribution is 5.92. The Labute approximate surface area is 171 Å². The van der Waals surface area contributed by atoms with Gasteiger partial charge in [0.25, 0.3) is 5.91 Å². The van der Waals surface area contributed by atoms with Crippen LogP contribution in [0.5, 0.6) is 5.75 Å². The third-order valence-electron chi connectivity index (χ3n) is 6.55. The van der Waals surface area contributed by atoms with Crippen LogP contribution in [0.4, 0.5) is 0 Å². The Balaban J connectivity index is 1.29. The molecule has 0 unspecified atom stereocenters. The molecule has 1 spiro atoms. The fourth-order valence-corrected chi connectivity index (χ4v) is 4.47. The van der Waals surface area contributed by atoms with Crippen LogP contribution in [-0.4, -0.2) is 47.8 Å². The van der Waals surface area contributed by atoms with E-state index in [1.165, 1.54) is 19.3 Å². The Bertz CT molecular complexity index is 900. The van der Waals surface area contributed by atoms with E-state index in [-0.39, 0.29) is 5.91 Å². The monoisotopic (exact) mass is 393 g/mol. The molecule has 6 nitrogen and oxygen atoms in total. The first kappa shape index (κ1) is 18.6. The lowest BCUT2D eigenvalue weighted by atomic mass is 9.89. The number of aromatic nitrogens is 1. The van der Waals surface area contributed by atoms with Crippen molar-refractivity contribution in [3.05, 3.63) is 47.8 Å². The van der Waals surface area contributed by atoms with Gasteiger partial charge in [0, 0.05) is 56.3 Å². The van der Waals surface area contributed by atoms with Crippen LogP contribution in [0.2, 0.25) is 0 Å². The number of amides is 1. The van der Waals surface area contributed by atoms with E-state index in [0.717, 1.165) is 54.4 Å². The van der Waals surface area contributed by atoms with Crippen molar-refractivity contribution in [2.45, 2.75) is 50.5 Å². The molecule has 2 aliphatic heterocycles. The van der Waals surface area contributed by atoms with Crippen LogP contribution in [0, 0.1) is 0 Å². The van der Waals surface area contributed by atoms with Crippen LogP contribution < -0.4 is 10.1 Å². The maximum Gasteiger partial charge on any atom is 0.269 e. The van der Waals surface area contributed by atoms with E-state index in [9.17, 15) is 4.79 Å². The topological polar surface area (TPSA) is 63.7 Å². The molecule has 3 aliphatic rings. The number of ether oxygens (including phenoxy) is 2. The number of pyridine rings is 1. The number of carbonyl (C=O) groups excluding carboxylic acids is 1. The van der Waals surface area contributed by atoms with Crippen molar-refractivity contribution in [2.75, 3.05) is 20.1 Å². The Hall–Kier alpha value is -2.44. The fraction of sp³-hybridized carbons (Fsp3) is 0.478. The van der Waals surface area contributed by atoms with Crippen LogP contribution in [0.3, 0.4) is 0 Å². The molecule has 0 bridgehead atoms. The molecule has 1 saturated carbocycles. The van der Waals surface area contributed by atoms with Crippen LogP contribution >= 0.6 is 0 Å². The number of rotatable bonds is 3. The van der Waals surface area contributed by atoms with Crippen molar-refractivity contribution in [3.63, 3.8) is 0 Å². The molecular weight excluding hydrogens is 366 g/mol. The summed E-state index contributed by atoms with van der Waals surface area (Å²) in [4.78, 5) is 18.5. The normalized spacial score (nSPS) is 21.1. The molecular formula is C23H27N3O3. The van der Waals surface area contributed by atoms with Crippen LogP contribution in [0.25, 0.3) is 11.1 Å². The molecule has 1 aliphatic carbocycles. The fourth-order valence-electron chi connectivity index (χ4n) is 4.47. The molecule has 1 aromatic carbocycles. The van der Waals surface area contributed by atoms with Crippen LogP contribution in [0.1, 0.15) is 48.2 Å². The lowest BCUT2D eigenvalue weighted by molar-refractivity contribution is -0.231. The highest BCUT2D eigenvalue weighted by Gasteiger charge is 2.42. The van der Waals surface area contributed by atoms with E-state index >= 15 is 0 Å². The zero-order valence-corrected chi connectivity index (χ0v) is 16.8. The zero-order valence-electron chi connectivity index (χ0n) is 16.8. The maximum atomic E-state index is 11.7. The number of nitrogens with one attached hydrogen (secondary N) is 1. The minimum Gasteiger partial charge on any atom is -0.462 e. The van der Waals surface area contributed by atoms with Gasteiger partial charge in [-0.2, -0.15) is 0 Å². The molecule has 29 heavy (non-hydrogen) atoms. The number of piperidine rings is 1. The summed E-state index contributed by atoms with van der Waals surface area (Å²) in [5.41, 5.74) is 3.48. The molecule has 6 heteroatoms. The van der Waals surface area contributed by atoms with Gasteiger partial charge in [0.2, 0.25) is 5.79 Å². The summed E-state index contributed by atoms with van der Waals surface area (Å²) in [5, 5.41) is 2.59. The van der Waals surface area contributed by atoms with Gasteiger partial charge in [0.15, 0.2) is 0 Å². The summed E-state index contributed by atoms with van der Waals surface area (Å²) < 4.78 is 12.6. The standard InChI is InChI=1S/C23H27N3O3/c1-24-22(27)20-7-5-17(14-25-20)16-6-8-21-18(13-16)15-28-23(29-21)9-11-26(12-10-23)19-3-2-4-19/h5-8,13-14,19H,2-4,9-12,15H2,1H3,(H,24,27). The molecule has 152 valence electrons. The second-order valence-electron chi connectivity index (χ2n) is 8.26. The SMILES string of the molecule is CNC(=O)c1ccc(-c2ccc3c(c2)COC2(CCN(C4CCC4)CC2)O3)cn1. The highest BCUT2D eigenvalue weighted by atomic mass is 16.7. The van der Waals surface area contributed by atoms with Crippen molar-refractivity contribution in [3.8, 4) is 16.9 Å². The van der Waals surface area contributed by atoms with Crippen LogP contribution in [-0.2, 0) is 11.3 Å². The van der Waals surface area contributed by atoms with E-state index in [1.807, 2.05) is 12.1 Å². The Morgan fingerprint density at radius 3 is 2.62 bits per heavy atom. The van der Waals surface area contributed by atoms with Gasteiger partial charge in [-0.3, -0.25) is 14.7 Å². The van der Waals surface area contributed by atoms with Gasteiger partial charge in [-0.15, -0.1) is 0 Å². The van der Waals surface area contributed by atoms with Gasteiger partial charge in [-0.05, 0) is 36.6 Å². The predicted octanol–water partition coefficient (Wildman–Crippen LogP) is 3.36. The highest BCUT2D eigenvalue weighted by Crippen LogP contribution is 2.40. The smallest absolute Gasteiger partial charge is 0.269 e. The number of likely N-dealkylation sites (tertiary alicyclic amines) is 1. The van der Waals surface area contributed by atoms with E-state index in [4.69, 9.17) is 9.47 Å². The van der Waals surface area contributed by atoms with Gasteiger partial charge in [-0.25, -0.2) is 0 Å². The number of carbonyl (C=O) groups is 1. The van der Waals surface area contributed by atoms with E-state index < -0.39 is 5.79 Å². The molecule has 1 N–H and O–H groups in total. The van der Waals surface area contributed by atoms with Crippen molar-refractivity contribution in [2.24, 2.45) is 0 Å². The average Bonchev–Trinajstić information content (AvgIpc) is 2.73. The molecule has 1 aromatic heterocycles. The number of hydrogen-bond acceptors (Lipinski definition) is 5. The molecule has 3 heterocycles. The van der Waals surface area contributed by atoms with Gasteiger partial charge < -0.3 is 14.8 Å². The number of nitrogens with zero attached hydrogens (tertiary/aromatic N) is 2. The first-order valence-electron chi connectivity index (χ1n) is 10.5. The Morgan fingerprint density at radius 1 is 1.17 bits per heavy atom. The molecule has 0 radical (unpaired) electrons. The molecule has 2 aromatic rings. The third-order valence-corrected chi connectivity index (χ3v) is 6.55. The zero-order chi connectivity index (χ0) is 19.8. The molecule has 1 saturated heterocycles. The maximum absolute atomic E-state index is 11.7. The average molecular weight is 393 g/mol. The van der Waals surface area contributed by atoms with Crippen molar-refractivity contribution in [1.29, 1.82) is 0 Å². The summed E-state index contributed by atoms with van der Waals surface area (Å²) in [7, 11) is 1.60. The lowest BCUT2D eigenvalue weighted by Gasteiger charge is -2.47. The summed E-state index contributed by atoms with van der Waals surface area (Å²) >= 11 is 0. The first-order chi connectivity index (χ1) is 14.2. The summed E-state index contributed by atoms with van der Waals surface area (Å²) in [6.07, 6.45) is 7.65. The molecule has 0 atom stereocenters. The minimum absolute atomic E-state index is 0.183. The van der Waals surface area contributed by atoms with Crippen LogP contribution in [0.15, 0.2) is 36.5 Å². The molecule has 5 rings (SSSR count). The Kier molecular flexibility index (Phi) is 4.76. The second kappa shape index (κ2) is 7.43. The number of benzene rings is 1. The van der Waals surface area contributed by atoms with Gasteiger partial charge in [0.05, 0.1) is 6.61 Å². The van der Waals surface area contributed by atoms with Gasteiger partial charge >= 0.3 is 0 Å². The first-order valence-corrected chi connectivity index (χ1v) is 10.5. The van der Waals surface area contributed by atoms with E-state index in [2.05, 4.69) is 27.3 Å². The summed E-state index contributed by atoms with van der Waals surface area (Å²) in [6.45, 7) is 2.68. The van der Waals surface area contributed by atoms with Crippen molar-refractivity contribution >= 4 is 5.91 Å².